The van der Waals surface area contributed by atoms with Crippen LogP contribution in [0.4, 0.5) is 0 Å². The number of carbonyl (C=O) groups is 1. The van der Waals surface area contributed by atoms with Gasteiger partial charge in [0.1, 0.15) is 5.60 Å². The molecule has 0 aromatic carbocycles. The van der Waals surface area contributed by atoms with Crippen LogP contribution in [0.2, 0.25) is 0 Å². The molecular weight excluding hydrogens is 332 g/mol. The quantitative estimate of drug-likeness (QED) is 0.593. The number of aliphatic hydroxyl groups is 2. The number of aliphatic hydroxyl groups excluding tert-OH is 2. The smallest absolute Gasteiger partial charge is 0.314 e. The first-order valence-electron chi connectivity index (χ1n) is 9.83. The minimum Gasteiger partial charge on any atom is -0.469 e. The van der Waals surface area contributed by atoms with Gasteiger partial charge in [0, 0.05) is 0 Å². The van der Waals surface area contributed by atoms with Crippen molar-refractivity contribution >= 4 is 5.97 Å². The first-order valence-corrected chi connectivity index (χ1v) is 9.83. The Morgan fingerprint density at radius 3 is 2.42 bits per heavy atom. The predicted molar refractivity (Wildman–Crippen MR) is 98.4 cm³/mol. The molecule has 1 saturated heterocycles. The molecule has 0 spiro atoms. The summed E-state index contributed by atoms with van der Waals surface area (Å²) in [4.78, 5) is 12.7. The molecule has 1 aliphatic heterocycles. The van der Waals surface area contributed by atoms with Gasteiger partial charge in [-0.15, -0.1) is 6.58 Å². The number of rotatable bonds is 3. The molecule has 3 rings (SSSR count). The van der Waals surface area contributed by atoms with Crippen molar-refractivity contribution in [3.8, 4) is 0 Å². The SMILES string of the molecule is C=C[C@]1(CO)CC[C@@H]2[C@]3(C)CC[C@@H](O)[C@](C)(C(=O)OC)[C@@H]3CC[C@]2(C)O1. The Kier molecular flexibility index (Phi) is 4.82. The molecule has 148 valence electrons. The Labute approximate surface area is 156 Å². The molecule has 5 heteroatoms. The molecule has 0 amide bonds. The van der Waals surface area contributed by atoms with Crippen LogP contribution in [0.15, 0.2) is 12.7 Å². The second kappa shape index (κ2) is 6.32. The molecule has 0 aromatic rings. The molecule has 7 atom stereocenters. The van der Waals surface area contributed by atoms with Gasteiger partial charge in [0.15, 0.2) is 0 Å². The molecule has 2 aliphatic carbocycles. The summed E-state index contributed by atoms with van der Waals surface area (Å²) in [5.74, 6) is 0.0140. The summed E-state index contributed by atoms with van der Waals surface area (Å²) < 4.78 is 11.6. The van der Waals surface area contributed by atoms with Gasteiger partial charge in [-0.25, -0.2) is 0 Å². The van der Waals surface area contributed by atoms with E-state index in [1.807, 2.05) is 6.92 Å². The molecule has 26 heavy (non-hydrogen) atoms. The maximum absolute atomic E-state index is 12.7. The van der Waals surface area contributed by atoms with E-state index in [1.54, 1.807) is 6.08 Å². The van der Waals surface area contributed by atoms with Crippen molar-refractivity contribution in [2.45, 2.75) is 76.6 Å². The number of hydrogen-bond donors (Lipinski definition) is 2. The Hall–Kier alpha value is -0.910. The number of methoxy groups -OCH3 is 1. The van der Waals surface area contributed by atoms with E-state index < -0.39 is 17.1 Å². The van der Waals surface area contributed by atoms with E-state index in [9.17, 15) is 15.0 Å². The summed E-state index contributed by atoms with van der Waals surface area (Å²) in [6, 6.07) is 0. The number of carbonyl (C=O) groups excluding carboxylic acids is 1. The number of ether oxygens (including phenoxy) is 2. The zero-order chi connectivity index (χ0) is 19.4. The number of fused-ring (bicyclic) bond motifs is 3. The molecule has 0 unspecified atom stereocenters. The minimum atomic E-state index is -0.882. The fraction of sp³-hybridized carbons (Fsp3) is 0.857. The van der Waals surface area contributed by atoms with Gasteiger partial charge in [0.25, 0.3) is 0 Å². The largest absolute Gasteiger partial charge is 0.469 e. The lowest BCUT2D eigenvalue weighted by atomic mass is 9.43. The molecular formula is C21H34O5. The minimum absolute atomic E-state index is 0.0539. The third-order valence-electron chi connectivity index (χ3n) is 8.19. The van der Waals surface area contributed by atoms with E-state index >= 15 is 0 Å². The first kappa shape index (κ1) is 19.8. The van der Waals surface area contributed by atoms with Crippen molar-refractivity contribution in [3.63, 3.8) is 0 Å². The summed E-state index contributed by atoms with van der Waals surface area (Å²) in [6.07, 6.45) is 5.78. The van der Waals surface area contributed by atoms with Crippen LogP contribution in [0, 0.1) is 22.7 Å². The molecule has 2 saturated carbocycles. The van der Waals surface area contributed by atoms with Gasteiger partial charge in [-0.3, -0.25) is 4.79 Å². The van der Waals surface area contributed by atoms with Gasteiger partial charge < -0.3 is 19.7 Å². The van der Waals surface area contributed by atoms with Crippen molar-refractivity contribution in [1.29, 1.82) is 0 Å². The summed E-state index contributed by atoms with van der Waals surface area (Å²) in [6.45, 7) is 10.1. The lowest BCUT2D eigenvalue weighted by Gasteiger charge is -2.65. The van der Waals surface area contributed by atoms with Gasteiger partial charge >= 0.3 is 5.97 Å². The Morgan fingerprint density at radius 1 is 1.19 bits per heavy atom. The van der Waals surface area contributed by atoms with E-state index in [0.717, 1.165) is 32.1 Å². The molecule has 2 N–H and O–H groups in total. The van der Waals surface area contributed by atoms with Gasteiger partial charge in [0.2, 0.25) is 0 Å². The third-order valence-corrected chi connectivity index (χ3v) is 8.19. The zero-order valence-electron chi connectivity index (χ0n) is 16.6. The maximum atomic E-state index is 12.7. The average Bonchev–Trinajstić information content (AvgIpc) is 2.63. The van der Waals surface area contributed by atoms with Gasteiger partial charge in [-0.05, 0) is 69.6 Å². The summed E-state index contributed by atoms with van der Waals surface area (Å²) in [5, 5.41) is 20.6. The fourth-order valence-corrected chi connectivity index (χ4v) is 6.67. The summed E-state index contributed by atoms with van der Waals surface area (Å²) in [7, 11) is 1.41. The molecule has 5 nitrogen and oxygen atoms in total. The Bertz CT molecular complexity index is 591. The highest BCUT2D eigenvalue weighted by Crippen LogP contribution is 2.65. The highest BCUT2D eigenvalue weighted by atomic mass is 16.5. The molecule has 3 fully saturated rings. The third kappa shape index (κ3) is 2.50. The Balaban J connectivity index is 1.99. The van der Waals surface area contributed by atoms with E-state index in [2.05, 4.69) is 20.4 Å². The van der Waals surface area contributed by atoms with Crippen LogP contribution in [0.1, 0.15) is 59.3 Å². The molecule has 0 radical (unpaired) electrons. The van der Waals surface area contributed by atoms with Crippen molar-refractivity contribution in [1.82, 2.24) is 0 Å². The van der Waals surface area contributed by atoms with Crippen LogP contribution in [0.3, 0.4) is 0 Å². The van der Waals surface area contributed by atoms with Crippen LogP contribution in [-0.2, 0) is 14.3 Å². The molecule has 3 aliphatic rings. The van der Waals surface area contributed by atoms with Gasteiger partial charge in [-0.2, -0.15) is 0 Å². The molecule has 0 bridgehead atoms. The van der Waals surface area contributed by atoms with E-state index in [1.165, 1.54) is 7.11 Å². The van der Waals surface area contributed by atoms with E-state index in [0.29, 0.717) is 6.42 Å². The second-order valence-corrected chi connectivity index (χ2v) is 9.36. The summed E-state index contributed by atoms with van der Waals surface area (Å²) in [5.41, 5.74) is -2.03. The highest BCUT2D eigenvalue weighted by Gasteiger charge is 2.66. The second-order valence-electron chi connectivity index (χ2n) is 9.36. The molecule has 0 aromatic heterocycles. The van der Waals surface area contributed by atoms with Crippen molar-refractivity contribution in [3.05, 3.63) is 12.7 Å². The number of hydrogen-bond acceptors (Lipinski definition) is 5. The lowest BCUT2D eigenvalue weighted by Crippen LogP contribution is -2.67. The van der Waals surface area contributed by atoms with E-state index in [4.69, 9.17) is 9.47 Å². The maximum Gasteiger partial charge on any atom is 0.314 e. The predicted octanol–water partition coefficient (Wildman–Crippen LogP) is 2.84. The molecule has 1 heterocycles. The summed E-state index contributed by atoms with van der Waals surface area (Å²) >= 11 is 0. The standard InChI is InChI=1S/C21H34O5/c1-6-21(13-22)12-8-14-18(2)10-9-16(23)20(4,17(24)25-5)15(18)7-11-19(14,3)26-21/h6,14-16,22-23H,1,7-13H2,2-5H3/t14-,15-,16-,18+,19+,20-,21-/m1/s1. The number of esters is 1. The van der Waals surface area contributed by atoms with Crippen LogP contribution in [0.5, 0.6) is 0 Å². The van der Waals surface area contributed by atoms with Crippen LogP contribution in [-0.4, -0.2) is 47.2 Å². The average molecular weight is 366 g/mol. The van der Waals surface area contributed by atoms with E-state index in [-0.39, 0.29) is 35.4 Å². The van der Waals surface area contributed by atoms with Crippen molar-refractivity contribution in [2.24, 2.45) is 22.7 Å². The van der Waals surface area contributed by atoms with Crippen molar-refractivity contribution < 1.29 is 24.5 Å². The van der Waals surface area contributed by atoms with Crippen LogP contribution >= 0.6 is 0 Å². The van der Waals surface area contributed by atoms with Gasteiger partial charge in [0.05, 0.1) is 30.8 Å². The topological polar surface area (TPSA) is 76.0 Å². The van der Waals surface area contributed by atoms with Crippen molar-refractivity contribution in [2.75, 3.05) is 13.7 Å². The van der Waals surface area contributed by atoms with Crippen LogP contribution < -0.4 is 0 Å². The normalized spacial score (nSPS) is 51.1. The first-order chi connectivity index (χ1) is 12.1. The van der Waals surface area contributed by atoms with Crippen LogP contribution in [0.25, 0.3) is 0 Å². The fourth-order valence-electron chi connectivity index (χ4n) is 6.67. The Morgan fingerprint density at radius 2 is 1.85 bits per heavy atom. The monoisotopic (exact) mass is 366 g/mol. The highest BCUT2D eigenvalue weighted by molar-refractivity contribution is 5.78. The zero-order valence-corrected chi connectivity index (χ0v) is 16.6. The lowest BCUT2D eigenvalue weighted by molar-refractivity contribution is -0.273. The van der Waals surface area contributed by atoms with Gasteiger partial charge in [-0.1, -0.05) is 13.0 Å².